The molecule has 0 saturated carbocycles. The minimum atomic E-state index is -0.665. The second-order valence-electron chi connectivity index (χ2n) is 6.01. The van der Waals surface area contributed by atoms with Crippen LogP contribution in [0, 0.1) is 17.2 Å². The first kappa shape index (κ1) is 19.4. The van der Waals surface area contributed by atoms with Crippen LogP contribution >= 0.6 is 11.3 Å². The van der Waals surface area contributed by atoms with E-state index in [-0.39, 0.29) is 18.9 Å². The predicted molar refractivity (Wildman–Crippen MR) is 102 cm³/mol. The minimum absolute atomic E-state index is 0.00199. The number of carbonyl (C=O) groups excluding carboxylic acids is 3. The van der Waals surface area contributed by atoms with E-state index in [4.69, 9.17) is 14.7 Å². The van der Waals surface area contributed by atoms with E-state index in [0.29, 0.717) is 22.0 Å². The van der Waals surface area contributed by atoms with E-state index in [1.165, 1.54) is 23.3 Å². The van der Waals surface area contributed by atoms with Gasteiger partial charge in [-0.2, -0.15) is 5.26 Å². The summed E-state index contributed by atoms with van der Waals surface area (Å²) in [7, 11) is 1.51. The third-order valence-corrected chi connectivity index (χ3v) is 5.05. The van der Waals surface area contributed by atoms with Gasteiger partial charge in [-0.1, -0.05) is 12.1 Å². The van der Waals surface area contributed by atoms with Gasteiger partial charge in [-0.05, 0) is 23.6 Å². The van der Waals surface area contributed by atoms with Crippen LogP contribution in [0.4, 0.5) is 10.7 Å². The second-order valence-corrected chi connectivity index (χ2v) is 6.92. The van der Waals surface area contributed by atoms with Crippen molar-refractivity contribution in [3.05, 3.63) is 41.3 Å². The zero-order valence-corrected chi connectivity index (χ0v) is 15.8. The number of rotatable bonds is 6. The van der Waals surface area contributed by atoms with Crippen molar-refractivity contribution >= 4 is 39.8 Å². The van der Waals surface area contributed by atoms with Crippen molar-refractivity contribution in [3.8, 4) is 11.8 Å². The molecule has 1 aromatic carbocycles. The summed E-state index contributed by atoms with van der Waals surface area (Å²) in [6, 6.07) is 10.6. The number of thiophene rings is 1. The van der Waals surface area contributed by atoms with Crippen LogP contribution in [0.1, 0.15) is 12.0 Å². The number of nitriles is 1. The van der Waals surface area contributed by atoms with Gasteiger partial charge in [0.05, 0.1) is 24.3 Å². The van der Waals surface area contributed by atoms with Gasteiger partial charge in [0, 0.05) is 13.0 Å². The number of ether oxygens (including phenoxy) is 2. The number of hydrogen-bond donors (Lipinski definition) is 1. The summed E-state index contributed by atoms with van der Waals surface area (Å²) in [5, 5.41) is 13.6. The molecule has 9 heteroatoms. The first-order chi connectivity index (χ1) is 13.5. The maximum absolute atomic E-state index is 12.3. The van der Waals surface area contributed by atoms with Crippen LogP contribution in [0.5, 0.6) is 5.75 Å². The molecule has 1 aromatic heterocycles. The first-order valence-electron chi connectivity index (χ1n) is 8.41. The molecule has 0 spiro atoms. The Morgan fingerprint density at radius 1 is 1.36 bits per heavy atom. The van der Waals surface area contributed by atoms with Crippen LogP contribution in [0.25, 0.3) is 0 Å². The summed E-state index contributed by atoms with van der Waals surface area (Å²) in [6.07, 6.45) is 0.00199. The number of methoxy groups -OCH3 is 1. The van der Waals surface area contributed by atoms with Crippen LogP contribution in [-0.2, 0) is 19.1 Å². The monoisotopic (exact) mass is 399 g/mol. The summed E-state index contributed by atoms with van der Waals surface area (Å²) >= 11 is 1.21. The molecule has 8 nitrogen and oxygen atoms in total. The van der Waals surface area contributed by atoms with E-state index in [0.717, 1.165) is 0 Å². The molecule has 1 aliphatic heterocycles. The molecule has 28 heavy (non-hydrogen) atoms. The molecule has 0 aliphatic carbocycles. The smallest absolute Gasteiger partial charge is 0.311 e. The van der Waals surface area contributed by atoms with Gasteiger partial charge in [0.15, 0.2) is 6.61 Å². The molecule has 1 atom stereocenters. The quantitative estimate of drug-likeness (QED) is 0.746. The van der Waals surface area contributed by atoms with E-state index in [1.807, 2.05) is 6.07 Å². The van der Waals surface area contributed by atoms with Crippen LogP contribution in [0.15, 0.2) is 35.7 Å². The lowest BCUT2D eigenvalue weighted by Gasteiger charge is -2.19. The van der Waals surface area contributed by atoms with E-state index in [1.54, 1.807) is 35.7 Å². The first-order valence-corrected chi connectivity index (χ1v) is 9.29. The average molecular weight is 399 g/mol. The molecule has 3 rings (SSSR count). The van der Waals surface area contributed by atoms with Gasteiger partial charge in [0.25, 0.3) is 5.91 Å². The fourth-order valence-corrected chi connectivity index (χ4v) is 3.62. The molecule has 1 saturated heterocycles. The summed E-state index contributed by atoms with van der Waals surface area (Å²) < 4.78 is 10.3. The Bertz CT molecular complexity index is 949. The van der Waals surface area contributed by atoms with Crippen LogP contribution in [0.2, 0.25) is 0 Å². The van der Waals surface area contributed by atoms with Gasteiger partial charge in [0.1, 0.15) is 16.8 Å². The minimum Gasteiger partial charge on any atom is -0.495 e. The van der Waals surface area contributed by atoms with Gasteiger partial charge < -0.3 is 19.7 Å². The molecular formula is C19H17N3O5S. The van der Waals surface area contributed by atoms with Crippen molar-refractivity contribution in [2.75, 3.05) is 30.5 Å². The third kappa shape index (κ3) is 4.13. The number of anilines is 2. The van der Waals surface area contributed by atoms with Crippen LogP contribution in [0.3, 0.4) is 0 Å². The van der Waals surface area contributed by atoms with Crippen molar-refractivity contribution in [1.82, 2.24) is 0 Å². The van der Waals surface area contributed by atoms with Crippen molar-refractivity contribution in [1.29, 1.82) is 5.26 Å². The lowest BCUT2D eigenvalue weighted by molar-refractivity contribution is -0.151. The summed E-state index contributed by atoms with van der Waals surface area (Å²) in [5.74, 6) is -1.51. The summed E-state index contributed by atoms with van der Waals surface area (Å²) in [4.78, 5) is 38.1. The largest absolute Gasteiger partial charge is 0.495 e. The van der Waals surface area contributed by atoms with Crippen LogP contribution in [-0.4, -0.2) is 38.0 Å². The van der Waals surface area contributed by atoms with Gasteiger partial charge in [-0.25, -0.2) is 0 Å². The molecule has 2 aromatic rings. The lowest BCUT2D eigenvalue weighted by Crippen LogP contribution is -2.28. The standard InChI is InChI=1S/C19H17N3O5S/c1-26-15-5-3-2-4-14(15)22-10-13(8-17(22)24)19(25)27-11-16(23)21-18-12(9-20)6-7-28-18/h2-7,13H,8,10-11H2,1H3,(H,21,23)/t13-/m0/s1. The van der Waals surface area contributed by atoms with E-state index >= 15 is 0 Å². The molecule has 2 heterocycles. The average Bonchev–Trinajstić information content (AvgIpc) is 3.32. The zero-order chi connectivity index (χ0) is 20.1. The molecule has 0 radical (unpaired) electrons. The highest BCUT2D eigenvalue weighted by atomic mass is 32.1. The fraction of sp³-hybridized carbons (Fsp3) is 0.263. The zero-order valence-electron chi connectivity index (χ0n) is 15.0. The van der Waals surface area contributed by atoms with Crippen molar-refractivity contribution in [2.45, 2.75) is 6.42 Å². The number of benzene rings is 1. The highest BCUT2D eigenvalue weighted by Crippen LogP contribution is 2.33. The maximum atomic E-state index is 12.3. The van der Waals surface area contributed by atoms with E-state index in [2.05, 4.69) is 5.32 Å². The molecular weight excluding hydrogens is 382 g/mol. The Morgan fingerprint density at radius 3 is 2.89 bits per heavy atom. The highest BCUT2D eigenvalue weighted by molar-refractivity contribution is 7.14. The molecule has 2 amide bonds. The third-order valence-electron chi connectivity index (χ3n) is 4.22. The SMILES string of the molecule is COc1ccccc1N1C[C@@H](C(=O)OCC(=O)Nc2sccc2C#N)CC1=O. The molecule has 0 bridgehead atoms. The number of nitrogens with one attached hydrogen (secondary N) is 1. The highest BCUT2D eigenvalue weighted by Gasteiger charge is 2.37. The predicted octanol–water partition coefficient (Wildman–Crippen LogP) is 2.16. The summed E-state index contributed by atoms with van der Waals surface area (Å²) in [6.45, 7) is -0.329. The number of carbonyl (C=O) groups is 3. The van der Waals surface area contributed by atoms with Gasteiger partial charge in [-0.15, -0.1) is 11.3 Å². The number of hydrogen-bond acceptors (Lipinski definition) is 7. The molecule has 1 aliphatic rings. The maximum Gasteiger partial charge on any atom is 0.311 e. The van der Waals surface area contributed by atoms with Gasteiger partial charge in [-0.3, -0.25) is 14.4 Å². The van der Waals surface area contributed by atoms with Crippen molar-refractivity contribution in [2.24, 2.45) is 5.92 Å². The van der Waals surface area contributed by atoms with Gasteiger partial charge >= 0.3 is 5.97 Å². The molecule has 144 valence electrons. The van der Waals surface area contributed by atoms with E-state index in [9.17, 15) is 14.4 Å². The number of nitrogens with zero attached hydrogens (tertiary/aromatic N) is 2. The number of amides is 2. The summed E-state index contributed by atoms with van der Waals surface area (Å²) in [5.41, 5.74) is 0.934. The van der Waals surface area contributed by atoms with Crippen molar-refractivity contribution < 1.29 is 23.9 Å². The normalized spacial score (nSPS) is 15.8. The molecule has 1 fully saturated rings. The Kier molecular flexibility index (Phi) is 5.91. The Morgan fingerprint density at radius 2 is 2.14 bits per heavy atom. The Labute approximate surface area is 165 Å². The number of para-hydroxylation sites is 2. The molecule has 1 N–H and O–H groups in total. The fourth-order valence-electron chi connectivity index (χ4n) is 2.86. The topological polar surface area (TPSA) is 109 Å². The van der Waals surface area contributed by atoms with Gasteiger partial charge in [0.2, 0.25) is 5.91 Å². The lowest BCUT2D eigenvalue weighted by atomic mass is 10.1. The number of esters is 1. The van der Waals surface area contributed by atoms with E-state index < -0.39 is 24.4 Å². The Hall–Kier alpha value is -3.38. The van der Waals surface area contributed by atoms with Crippen LogP contribution < -0.4 is 15.0 Å². The Balaban J connectivity index is 1.56. The molecule has 0 unspecified atom stereocenters. The second kappa shape index (κ2) is 8.54. The van der Waals surface area contributed by atoms with Crippen molar-refractivity contribution in [3.63, 3.8) is 0 Å².